The maximum atomic E-state index is 13.2. The number of nitrogens with one attached hydrogen (secondary N) is 1. The quantitative estimate of drug-likeness (QED) is 0.663. The minimum Gasteiger partial charge on any atom is -0.379 e. The summed E-state index contributed by atoms with van der Waals surface area (Å²) in [5, 5.41) is 3.26. The molecule has 2 fully saturated rings. The van der Waals surface area contributed by atoms with Gasteiger partial charge in [0.2, 0.25) is 15.9 Å². The average Bonchev–Trinajstić information content (AvgIpc) is 2.85. The smallest absolute Gasteiger partial charge is 0.244 e. The van der Waals surface area contributed by atoms with E-state index in [0.29, 0.717) is 39.1 Å². The van der Waals surface area contributed by atoms with Gasteiger partial charge in [-0.3, -0.25) is 14.7 Å². The number of amides is 1. The summed E-state index contributed by atoms with van der Waals surface area (Å²) in [4.78, 5) is 19.6. The van der Waals surface area contributed by atoms with E-state index in [2.05, 4.69) is 39.5 Å². The molecule has 0 spiro atoms. The standard InChI is InChI=1S/C24H32N4O4S/c1-19-4-6-20(7-5-19)23(18-27-13-15-32-16-14-27)26-24(29)21-8-11-28(12-9-21)33(30,31)22-3-2-10-25-17-22/h2-7,10,17,21,23H,8-9,11-16,18H2,1H3,(H,26,29). The monoisotopic (exact) mass is 472 g/mol. The maximum Gasteiger partial charge on any atom is 0.244 e. The number of sulfonamides is 1. The number of carbonyl (C=O) groups is 1. The Balaban J connectivity index is 1.39. The Bertz CT molecular complexity index is 1020. The molecule has 3 heterocycles. The Morgan fingerprint density at radius 2 is 1.82 bits per heavy atom. The van der Waals surface area contributed by atoms with Crippen molar-refractivity contribution < 1.29 is 17.9 Å². The van der Waals surface area contributed by atoms with Crippen LogP contribution in [0, 0.1) is 12.8 Å². The van der Waals surface area contributed by atoms with Gasteiger partial charge in [-0.1, -0.05) is 29.8 Å². The fourth-order valence-electron chi connectivity index (χ4n) is 4.37. The van der Waals surface area contributed by atoms with Crippen molar-refractivity contribution in [2.75, 3.05) is 45.9 Å². The fraction of sp³-hybridized carbons (Fsp3) is 0.500. The molecule has 1 atom stereocenters. The van der Waals surface area contributed by atoms with E-state index in [1.54, 1.807) is 18.3 Å². The minimum atomic E-state index is -3.58. The van der Waals surface area contributed by atoms with Crippen molar-refractivity contribution in [1.29, 1.82) is 0 Å². The first-order valence-corrected chi connectivity index (χ1v) is 12.9. The number of ether oxygens (including phenoxy) is 1. The Morgan fingerprint density at radius 1 is 1.12 bits per heavy atom. The average molecular weight is 473 g/mol. The molecule has 2 aliphatic rings. The molecule has 9 heteroatoms. The Hall–Kier alpha value is -2.33. The number of aromatic nitrogens is 1. The second-order valence-corrected chi connectivity index (χ2v) is 10.7. The van der Waals surface area contributed by atoms with Crippen LogP contribution in [-0.4, -0.2) is 74.5 Å². The fourth-order valence-corrected chi connectivity index (χ4v) is 5.81. The molecule has 1 amide bonds. The van der Waals surface area contributed by atoms with Crippen molar-refractivity contribution in [3.63, 3.8) is 0 Å². The number of nitrogens with zero attached hydrogens (tertiary/aromatic N) is 3. The summed E-state index contributed by atoms with van der Waals surface area (Å²) in [5.41, 5.74) is 2.26. The van der Waals surface area contributed by atoms with Gasteiger partial charge >= 0.3 is 0 Å². The van der Waals surface area contributed by atoms with Gasteiger partial charge in [-0.15, -0.1) is 0 Å². The van der Waals surface area contributed by atoms with Crippen LogP contribution in [0.5, 0.6) is 0 Å². The van der Waals surface area contributed by atoms with Crippen LogP contribution in [0.4, 0.5) is 0 Å². The molecule has 1 aromatic heterocycles. The summed E-state index contributed by atoms with van der Waals surface area (Å²) in [5.74, 6) is -0.213. The molecule has 0 saturated carbocycles. The van der Waals surface area contributed by atoms with Gasteiger partial charge in [0.15, 0.2) is 0 Å². The summed E-state index contributed by atoms with van der Waals surface area (Å²) >= 11 is 0. The topological polar surface area (TPSA) is 91.8 Å². The Morgan fingerprint density at radius 3 is 2.45 bits per heavy atom. The third-order valence-corrected chi connectivity index (χ3v) is 8.32. The lowest BCUT2D eigenvalue weighted by molar-refractivity contribution is -0.127. The van der Waals surface area contributed by atoms with Crippen LogP contribution >= 0.6 is 0 Å². The SMILES string of the molecule is Cc1ccc(C(CN2CCOCC2)NC(=O)C2CCN(S(=O)(=O)c3cccnc3)CC2)cc1. The van der Waals surface area contributed by atoms with E-state index in [0.717, 1.165) is 25.2 Å². The summed E-state index contributed by atoms with van der Waals surface area (Å²) < 4.78 is 32.6. The number of carbonyl (C=O) groups excluding carboxylic acids is 1. The van der Waals surface area contributed by atoms with Gasteiger partial charge in [-0.05, 0) is 37.5 Å². The van der Waals surface area contributed by atoms with Gasteiger partial charge in [-0.2, -0.15) is 4.31 Å². The predicted molar refractivity (Wildman–Crippen MR) is 125 cm³/mol. The third-order valence-electron chi connectivity index (χ3n) is 6.44. The highest BCUT2D eigenvalue weighted by atomic mass is 32.2. The van der Waals surface area contributed by atoms with E-state index < -0.39 is 10.0 Å². The van der Waals surface area contributed by atoms with E-state index in [1.165, 1.54) is 16.1 Å². The van der Waals surface area contributed by atoms with Crippen molar-refractivity contribution in [3.8, 4) is 0 Å². The lowest BCUT2D eigenvalue weighted by atomic mass is 9.96. The summed E-state index contributed by atoms with van der Waals surface area (Å²) in [7, 11) is -3.58. The van der Waals surface area contributed by atoms with Crippen molar-refractivity contribution in [3.05, 3.63) is 59.9 Å². The Kier molecular flexibility index (Phi) is 7.75. The van der Waals surface area contributed by atoms with Crippen LogP contribution in [0.15, 0.2) is 53.7 Å². The van der Waals surface area contributed by atoms with Crippen molar-refractivity contribution in [2.45, 2.75) is 30.7 Å². The third kappa shape index (κ3) is 5.97. The zero-order valence-corrected chi connectivity index (χ0v) is 19.8. The maximum absolute atomic E-state index is 13.2. The molecule has 2 aromatic rings. The molecule has 2 saturated heterocycles. The highest BCUT2D eigenvalue weighted by Crippen LogP contribution is 2.25. The van der Waals surface area contributed by atoms with Crippen LogP contribution in [0.3, 0.4) is 0 Å². The summed E-state index contributed by atoms with van der Waals surface area (Å²) in [6.45, 7) is 6.55. The first-order valence-electron chi connectivity index (χ1n) is 11.5. The molecule has 2 aliphatic heterocycles. The molecular weight excluding hydrogens is 440 g/mol. The van der Waals surface area contributed by atoms with E-state index in [9.17, 15) is 13.2 Å². The van der Waals surface area contributed by atoms with Crippen molar-refractivity contribution in [1.82, 2.24) is 19.5 Å². The molecular formula is C24H32N4O4S. The zero-order valence-electron chi connectivity index (χ0n) is 19.0. The van der Waals surface area contributed by atoms with Gasteiger partial charge < -0.3 is 10.1 Å². The molecule has 1 unspecified atom stereocenters. The van der Waals surface area contributed by atoms with Crippen LogP contribution in [0.25, 0.3) is 0 Å². The van der Waals surface area contributed by atoms with Gasteiger partial charge in [-0.25, -0.2) is 8.42 Å². The highest BCUT2D eigenvalue weighted by molar-refractivity contribution is 7.89. The second kappa shape index (κ2) is 10.7. The van der Waals surface area contributed by atoms with Crippen LogP contribution < -0.4 is 5.32 Å². The predicted octanol–water partition coefficient (Wildman–Crippen LogP) is 1.98. The molecule has 33 heavy (non-hydrogen) atoms. The molecule has 8 nitrogen and oxygen atoms in total. The van der Waals surface area contributed by atoms with E-state index in [1.807, 2.05) is 6.92 Å². The molecule has 0 bridgehead atoms. The lowest BCUT2D eigenvalue weighted by Gasteiger charge is -2.34. The second-order valence-electron chi connectivity index (χ2n) is 8.75. The number of hydrogen-bond acceptors (Lipinski definition) is 6. The number of piperidine rings is 1. The zero-order chi connectivity index (χ0) is 23.3. The molecule has 1 aromatic carbocycles. The largest absolute Gasteiger partial charge is 0.379 e. The summed E-state index contributed by atoms with van der Waals surface area (Å²) in [6, 6.07) is 11.3. The van der Waals surface area contributed by atoms with Crippen molar-refractivity contribution in [2.24, 2.45) is 5.92 Å². The highest BCUT2D eigenvalue weighted by Gasteiger charge is 2.33. The first kappa shape index (κ1) is 23.8. The van der Waals surface area contributed by atoms with Gasteiger partial charge in [0, 0.05) is 51.0 Å². The first-order chi connectivity index (χ1) is 15.9. The molecule has 178 valence electrons. The number of rotatable bonds is 7. The number of morpholine rings is 1. The van der Waals surface area contributed by atoms with Crippen LogP contribution in [0.1, 0.15) is 30.0 Å². The number of aryl methyl sites for hydroxylation is 1. The number of pyridine rings is 1. The van der Waals surface area contributed by atoms with Crippen LogP contribution in [0.2, 0.25) is 0 Å². The minimum absolute atomic E-state index is 0.00717. The van der Waals surface area contributed by atoms with Crippen LogP contribution in [-0.2, 0) is 19.6 Å². The van der Waals surface area contributed by atoms with Gasteiger partial charge in [0.05, 0.1) is 19.3 Å². The normalized spacial score (nSPS) is 19.8. The van der Waals surface area contributed by atoms with Gasteiger partial charge in [0.1, 0.15) is 4.90 Å². The number of hydrogen-bond donors (Lipinski definition) is 1. The van der Waals surface area contributed by atoms with E-state index in [-0.39, 0.29) is 22.8 Å². The van der Waals surface area contributed by atoms with E-state index in [4.69, 9.17) is 4.74 Å². The lowest BCUT2D eigenvalue weighted by Crippen LogP contribution is -2.46. The summed E-state index contributed by atoms with van der Waals surface area (Å²) in [6.07, 6.45) is 3.93. The molecule has 1 N–H and O–H groups in total. The molecule has 0 radical (unpaired) electrons. The number of benzene rings is 1. The van der Waals surface area contributed by atoms with Crippen molar-refractivity contribution >= 4 is 15.9 Å². The molecule has 0 aliphatic carbocycles. The van der Waals surface area contributed by atoms with Gasteiger partial charge in [0.25, 0.3) is 0 Å². The molecule has 4 rings (SSSR count). The van der Waals surface area contributed by atoms with E-state index >= 15 is 0 Å². The Labute approximate surface area is 196 Å².